The van der Waals surface area contributed by atoms with Gasteiger partial charge in [0.25, 0.3) is 0 Å². The van der Waals surface area contributed by atoms with Gasteiger partial charge in [-0.3, -0.25) is 0 Å². The van der Waals surface area contributed by atoms with Crippen molar-refractivity contribution in [1.82, 2.24) is 10.4 Å². The highest BCUT2D eigenvalue weighted by Gasteiger charge is 2.34. The van der Waals surface area contributed by atoms with Crippen molar-refractivity contribution in [3.63, 3.8) is 0 Å². The number of halogens is 1. The zero-order valence-electron chi connectivity index (χ0n) is 13.0. The number of amides is 2. The average molecular weight is 402 g/mol. The first kappa shape index (κ1) is 19.4. The summed E-state index contributed by atoms with van der Waals surface area (Å²) in [5.41, 5.74) is 2.44. The van der Waals surface area contributed by atoms with Crippen LogP contribution in [0.1, 0.15) is 19.4 Å². The Morgan fingerprint density at radius 2 is 1.83 bits per heavy atom. The molecule has 0 unspecified atom stereocenters. The van der Waals surface area contributed by atoms with E-state index in [9.17, 15) is 19.7 Å². The smallest absolute Gasteiger partial charge is 0.448 e. The summed E-state index contributed by atoms with van der Waals surface area (Å²) in [4.78, 5) is 34.0. The molecule has 9 nitrogen and oxygen atoms in total. The second kappa shape index (κ2) is 9.50. The molecule has 10 heteroatoms. The maximum Gasteiger partial charge on any atom is 0.531 e. The molecule has 0 saturated heterocycles. The Hall–Kier alpha value is -2.62. The third kappa shape index (κ3) is 5.88. The van der Waals surface area contributed by atoms with Crippen LogP contribution in [0.25, 0.3) is 6.08 Å². The lowest BCUT2D eigenvalue weighted by Gasteiger charge is -2.15. The molecule has 0 radical (unpaired) electrons. The van der Waals surface area contributed by atoms with Crippen LogP contribution in [0.3, 0.4) is 0 Å². The molecular weight excluding hydrogens is 386 g/mol. The molecule has 0 spiro atoms. The van der Waals surface area contributed by atoms with Gasteiger partial charge in [0.2, 0.25) is 0 Å². The van der Waals surface area contributed by atoms with Crippen molar-refractivity contribution in [3.05, 3.63) is 50.2 Å². The molecule has 0 aromatic heterocycles. The van der Waals surface area contributed by atoms with E-state index < -0.39 is 22.9 Å². The van der Waals surface area contributed by atoms with Gasteiger partial charge < -0.3 is 19.6 Å². The lowest BCUT2D eigenvalue weighted by molar-refractivity contribution is -0.443. The zero-order chi connectivity index (χ0) is 18.1. The fraction of sp³-hybridized carbons (Fsp3) is 0.286. The van der Waals surface area contributed by atoms with Gasteiger partial charge in [-0.25, -0.2) is 4.79 Å². The molecule has 0 atom stereocenters. The van der Waals surface area contributed by atoms with Gasteiger partial charge in [-0.1, -0.05) is 28.1 Å². The number of rotatable bonds is 5. The average Bonchev–Trinajstić information content (AvgIpc) is 2.52. The van der Waals surface area contributed by atoms with Crippen molar-refractivity contribution >= 4 is 34.2 Å². The second-order valence-electron chi connectivity index (χ2n) is 4.18. The van der Waals surface area contributed by atoms with Crippen molar-refractivity contribution in [2.45, 2.75) is 13.8 Å². The number of ether oxygens (including phenoxy) is 2. The summed E-state index contributed by atoms with van der Waals surface area (Å²) < 4.78 is 10.2. The summed E-state index contributed by atoms with van der Waals surface area (Å²) in [6.07, 6.45) is -1.00. The summed E-state index contributed by atoms with van der Waals surface area (Å²) >= 11 is 3.25. The summed E-state index contributed by atoms with van der Waals surface area (Å²) in [7, 11) is 0. The van der Waals surface area contributed by atoms with E-state index in [1.807, 2.05) is 5.43 Å². The fourth-order valence-corrected chi connectivity index (χ4v) is 1.81. The summed E-state index contributed by atoms with van der Waals surface area (Å²) in [5.74, 6) is -0.691. The van der Waals surface area contributed by atoms with Crippen LogP contribution in [0.4, 0.5) is 9.59 Å². The van der Waals surface area contributed by atoms with Crippen LogP contribution in [-0.4, -0.2) is 35.3 Å². The number of nitrogens with one attached hydrogen (secondary N) is 1. The van der Waals surface area contributed by atoms with Crippen molar-refractivity contribution in [1.29, 1.82) is 0 Å². The van der Waals surface area contributed by atoms with Crippen molar-refractivity contribution in [2.75, 3.05) is 13.2 Å². The van der Waals surface area contributed by atoms with Crippen LogP contribution < -0.4 is 5.43 Å². The summed E-state index contributed by atoms with van der Waals surface area (Å²) in [5, 5.41) is 11.7. The van der Waals surface area contributed by atoms with Crippen LogP contribution in [0, 0.1) is 10.1 Å². The van der Waals surface area contributed by atoms with E-state index >= 15 is 0 Å². The summed E-state index contributed by atoms with van der Waals surface area (Å²) in [6.45, 7) is 3.10. The maximum atomic E-state index is 12.0. The van der Waals surface area contributed by atoms with E-state index in [1.165, 1.54) is 6.92 Å². The molecule has 0 heterocycles. The van der Waals surface area contributed by atoms with Gasteiger partial charge in [-0.2, -0.15) is 4.79 Å². The molecule has 24 heavy (non-hydrogen) atoms. The van der Waals surface area contributed by atoms with Gasteiger partial charge >= 0.3 is 18.0 Å². The standard InChI is InChI=1S/C14H16BrN3O6/c1-3-23-13(19)16-17(14(20)24-4-2)12(18(21)22)9-10-5-7-11(15)8-6-10/h5-9H,3-4H2,1-2H3,(H,16,19)/b12-9+. The Labute approximate surface area is 146 Å². The molecule has 1 N–H and O–H groups in total. The van der Waals surface area contributed by atoms with Gasteiger partial charge in [0.15, 0.2) is 0 Å². The van der Waals surface area contributed by atoms with E-state index in [0.717, 1.165) is 10.5 Å². The van der Waals surface area contributed by atoms with Gasteiger partial charge in [0, 0.05) is 10.5 Å². The first-order valence-electron chi connectivity index (χ1n) is 6.91. The van der Waals surface area contributed by atoms with E-state index in [0.29, 0.717) is 10.6 Å². The van der Waals surface area contributed by atoms with Gasteiger partial charge in [-0.05, 0) is 41.5 Å². The number of nitro groups is 1. The minimum atomic E-state index is -1.11. The number of hydrazine groups is 1. The highest BCUT2D eigenvalue weighted by Crippen LogP contribution is 2.15. The minimum absolute atomic E-state index is 0.0247. The number of nitrogens with zero attached hydrogens (tertiary/aromatic N) is 2. The molecule has 0 fully saturated rings. The predicted octanol–water partition coefficient (Wildman–Crippen LogP) is 3.14. The Balaban J connectivity index is 3.20. The van der Waals surface area contributed by atoms with Crippen LogP contribution in [0.5, 0.6) is 0 Å². The van der Waals surface area contributed by atoms with Crippen molar-refractivity contribution in [2.24, 2.45) is 0 Å². The third-order valence-electron chi connectivity index (χ3n) is 2.51. The first-order chi connectivity index (χ1) is 11.4. The number of hydrogen-bond donors (Lipinski definition) is 1. The molecule has 0 aliphatic heterocycles. The number of carbonyl (C=O) groups excluding carboxylic acids is 2. The molecule has 0 saturated carbocycles. The topological polar surface area (TPSA) is 111 Å². The first-order valence-corrected chi connectivity index (χ1v) is 7.70. The Morgan fingerprint density at radius 3 is 2.33 bits per heavy atom. The van der Waals surface area contributed by atoms with E-state index in [2.05, 4.69) is 20.7 Å². The van der Waals surface area contributed by atoms with Crippen LogP contribution in [0.2, 0.25) is 0 Å². The molecule has 0 bridgehead atoms. The zero-order valence-corrected chi connectivity index (χ0v) is 14.6. The number of hydrogen-bond acceptors (Lipinski definition) is 6. The third-order valence-corrected chi connectivity index (χ3v) is 3.04. The second-order valence-corrected chi connectivity index (χ2v) is 5.09. The van der Waals surface area contributed by atoms with Crippen LogP contribution in [0.15, 0.2) is 34.6 Å². The van der Waals surface area contributed by atoms with Crippen LogP contribution in [-0.2, 0) is 9.47 Å². The highest BCUT2D eigenvalue weighted by molar-refractivity contribution is 9.10. The van der Waals surface area contributed by atoms with Gasteiger partial charge in [0.1, 0.15) is 0 Å². The molecule has 0 aliphatic carbocycles. The van der Waals surface area contributed by atoms with E-state index in [1.54, 1.807) is 31.2 Å². The predicted molar refractivity (Wildman–Crippen MR) is 88.1 cm³/mol. The van der Waals surface area contributed by atoms with E-state index in [4.69, 9.17) is 4.74 Å². The SMILES string of the molecule is CCOC(=O)NN(C(=O)OCC)/C(=C\c1ccc(Br)cc1)[N+](=O)[O-]. The quantitative estimate of drug-likeness (QED) is 0.598. The lowest BCUT2D eigenvalue weighted by atomic mass is 10.2. The Bertz CT molecular complexity index is 632. The summed E-state index contributed by atoms with van der Waals surface area (Å²) in [6, 6.07) is 6.55. The Morgan fingerprint density at radius 1 is 1.25 bits per heavy atom. The van der Waals surface area contributed by atoms with Crippen molar-refractivity contribution in [3.8, 4) is 0 Å². The van der Waals surface area contributed by atoms with Crippen molar-refractivity contribution < 1.29 is 24.0 Å². The maximum absolute atomic E-state index is 12.0. The minimum Gasteiger partial charge on any atom is -0.448 e. The van der Waals surface area contributed by atoms with Gasteiger partial charge in [0.05, 0.1) is 13.2 Å². The Kier molecular flexibility index (Phi) is 7.69. The molecule has 130 valence electrons. The molecular formula is C14H16BrN3O6. The lowest BCUT2D eigenvalue weighted by Crippen LogP contribution is -2.47. The number of benzene rings is 1. The normalized spacial score (nSPS) is 10.7. The van der Waals surface area contributed by atoms with Gasteiger partial charge in [-0.15, -0.1) is 5.43 Å². The van der Waals surface area contributed by atoms with E-state index in [-0.39, 0.29) is 13.2 Å². The molecule has 1 aromatic carbocycles. The molecule has 1 rings (SSSR count). The molecule has 2 amide bonds. The fourth-order valence-electron chi connectivity index (χ4n) is 1.55. The number of carbonyl (C=O) groups is 2. The monoisotopic (exact) mass is 401 g/mol. The molecule has 1 aromatic rings. The largest absolute Gasteiger partial charge is 0.531 e. The highest BCUT2D eigenvalue weighted by atomic mass is 79.9. The molecule has 0 aliphatic rings. The van der Waals surface area contributed by atoms with Crippen LogP contribution >= 0.6 is 15.9 Å².